The second kappa shape index (κ2) is 18.1. The predicted octanol–water partition coefficient (Wildman–Crippen LogP) is 6.54. The Labute approximate surface area is 366 Å². The lowest BCUT2D eigenvalue weighted by molar-refractivity contribution is -0.00774. The summed E-state index contributed by atoms with van der Waals surface area (Å²) in [6, 6.07) is 7.42. The van der Waals surface area contributed by atoms with Gasteiger partial charge in [0.05, 0.1) is 32.3 Å². The predicted molar refractivity (Wildman–Crippen MR) is 231 cm³/mol. The highest BCUT2D eigenvalue weighted by Gasteiger charge is 2.46. The summed E-state index contributed by atoms with van der Waals surface area (Å²) in [5, 5.41) is 9.26. The third-order valence-corrected chi connectivity index (χ3v) is 14.1. The zero-order valence-electron chi connectivity index (χ0n) is 36.3. The lowest BCUT2D eigenvalue weighted by Gasteiger charge is -2.38. The molecular formula is C43H54F2N8O8S2. The summed E-state index contributed by atoms with van der Waals surface area (Å²) in [6.45, 7) is 12.2. The van der Waals surface area contributed by atoms with Crippen LogP contribution in [-0.4, -0.2) is 104 Å². The molecule has 4 bridgehead atoms. The van der Waals surface area contributed by atoms with Crippen LogP contribution in [0.15, 0.2) is 58.8 Å². The highest BCUT2D eigenvalue weighted by molar-refractivity contribution is 7.91. The lowest BCUT2D eigenvalue weighted by atomic mass is 9.95. The molecule has 2 aliphatic heterocycles. The van der Waals surface area contributed by atoms with E-state index in [0.29, 0.717) is 59.4 Å². The number of anilines is 4. The maximum atomic E-state index is 14.5. The number of rotatable bonds is 10. The van der Waals surface area contributed by atoms with Crippen molar-refractivity contribution in [1.82, 2.24) is 30.2 Å². The molecule has 0 spiro atoms. The van der Waals surface area contributed by atoms with E-state index in [1.807, 2.05) is 27.7 Å². The van der Waals surface area contributed by atoms with Crippen LogP contribution < -0.4 is 25.4 Å². The van der Waals surface area contributed by atoms with Crippen molar-refractivity contribution in [2.75, 3.05) is 49.3 Å². The minimum atomic E-state index is -3.52. The van der Waals surface area contributed by atoms with E-state index in [0.717, 1.165) is 63.4 Å². The fourth-order valence-corrected chi connectivity index (χ4v) is 9.86. The molecule has 340 valence electrons. The van der Waals surface area contributed by atoms with Crippen LogP contribution in [0.3, 0.4) is 0 Å². The molecule has 0 radical (unpaired) electrons. The first-order chi connectivity index (χ1) is 29.6. The Hall–Kier alpha value is -5.21. The number of carbonyl (C=O) groups is 1. The minimum Gasteiger partial charge on any atom is -0.473 e. The molecule has 2 aromatic heterocycles. The van der Waals surface area contributed by atoms with Crippen molar-refractivity contribution in [2.24, 2.45) is 23.7 Å². The molecule has 2 aromatic carbocycles. The Bertz CT molecular complexity index is 2550. The van der Waals surface area contributed by atoms with E-state index in [9.17, 15) is 30.4 Å². The first-order valence-corrected chi connectivity index (χ1v) is 24.6. The third-order valence-electron chi connectivity index (χ3n) is 11.9. The molecule has 4 atom stereocenters. The number of benzene rings is 2. The molecular weight excluding hydrogens is 859 g/mol. The topological polar surface area (TPSA) is 204 Å². The quantitative estimate of drug-likeness (QED) is 0.155. The monoisotopic (exact) mass is 912 g/mol. The van der Waals surface area contributed by atoms with Gasteiger partial charge < -0.3 is 35.1 Å². The molecule has 8 rings (SSSR count). The first-order valence-electron chi connectivity index (χ1n) is 20.8. The summed E-state index contributed by atoms with van der Waals surface area (Å²) in [6.07, 6.45) is 8.71. The molecule has 63 heavy (non-hydrogen) atoms. The van der Waals surface area contributed by atoms with Gasteiger partial charge in [-0.3, -0.25) is 0 Å². The SMILES string of the molecule is Cc1c(Nc2ccc(S(C)(=O)=O)cc2F)ncnc1OC1C2CCC1CN(C(=O)OC(C)(C)C)C2.Cc1c(Nc2ccc(S(C)(=O)=O)cc2F)ncnc1OC1C2CCC1CNC2. The Kier molecular flexibility index (Phi) is 13.2. The van der Waals surface area contributed by atoms with Crippen LogP contribution in [-0.2, 0) is 24.4 Å². The number of ether oxygens (including phenoxy) is 3. The summed E-state index contributed by atoms with van der Waals surface area (Å²) in [4.78, 5) is 31.1. The number of likely N-dealkylation sites (tertiary alicyclic amines) is 1. The van der Waals surface area contributed by atoms with Gasteiger partial charge in [-0.25, -0.2) is 50.3 Å². The van der Waals surface area contributed by atoms with Gasteiger partial charge in [0.15, 0.2) is 19.7 Å². The van der Waals surface area contributed by atoms with Gasteiger partial charge in [0.25, 0.3) is 0 Å². The second-order valence-corrected chi connectivity index (χ2v) is 21.8. The van der Waals surface area contributed by atoms with Crippen LogP contribution in [0, 0.1) is 49.2 Å². The van der Waals surface area contributed by atoms with E-state index in [4.69, 9.17) is 14.2 Å². The molecule has 4 unspecified atom stereocenters. The molecule has 4 aromatic rings. The number of hydrogen-bond donors (Lipinski definition) is 3. The van der Waals surface area contributed by atoms with Crippen LogP contribution in [0.1, 0.15) is 57.6 Å². The number of halogens is 2. The Morgan fingerprint density at radius 3 is 1.51 bits per heavy atom. The van der Waals surface area contributed by atoms with E-state index in [-0.39, 0.29) is 51.3 Å². The van der Waals surface area contributed by atoms with Crippen molar-refractivity contribution in [3.8, 4) is 11.8 Å². The third kappa shape index (κ3) is 10.8. The van der Waals surface area contributed by atoms with Gasteiger partial charge in [0, 0.05) is 62.4 Å². The zero-order valence-corrected chi connectivity index (χ0v) is 37.9. The van der Waals surface area contributed by atoms with Crippen molar-refractivity contribution >= 4 is 48.8 Å². The zero-order chi connectivity index (χ0) is 45.4. The van der Waals surface area contributed by atoms with Crippen LogP contribution in [0.5, 0.6) is 11.8 Å². The number of nitrogens with one attached hydrogen (secondary N) is 3. The molecule has 4 heterocycles. The summed E-state index contributed by atoms with van der Waals surface area (Å²) in [5.74, 6) is 1.58. The van der Waals surface area contributed by atoms with Gasteiger partial charge in [-0.2, -0.15) is 0 Å². The summed E-state index contributed by atoms with van der Waals surface area (Å²) >= 11 is 0. The summed E-state index contributed by atoms with van der Waals surface area (Å²) in [5.41, 5.74) is 0.980. The van der Waals surface area contributed by atoms with Gasteiger partial charge in [-0.05, 0) is 96.7 Å². The van der Waals surface area contributed by atoms with E-state index < -0.39 is 36.9 Å². The van der Waals surface area contributed by atoms with E-state index in [2.05, 4.69) is 35.9 Å². The highest BCUT2D eigenvalue weighted by Crippen LogP contribution is 2.41. The minimum absolute atomic E-state index is 0.0691. The largest absolute Gasteiger partial charge is 0.473 e. The number of hydrogen-bond acceptors (Lipinski definition) is 15. The van der Waals surface area contributed by atoms with E-state index in [1.165, 1.54) is 36.9 Å². The first kappa shape index (κ1) is 45.8. The molecule has 4 fully saturated rings. The van der Waals surface area contributed by atoms with Gasteiger partial charge >= 0.3 is 6.09 Å². The molecule has 2 saturated heterocycles. The Morgan fingerprint density at radius 2 is 1.11 bits per heavy atom. The average Bonchev–Trinajstić information content (AvgIpc) is 3.54. The number of piperidine rings is 2. The van der Waals surface area contributed by atoms with Gasteiger partial charge in [-0.15, -0.1) is 0 Å². The molecule has 20 heteroatoms. The summed E-state index contributed by atoms with van der Waals surface area (Å²) in [7, 11) is -6.98. The van der Waals surface area contributed by atoms with Crippen LogP contribution in [0.25, 0.3) is 0 Å². The molecule has 3 N–H and O–H groups in total. The van der Waals surface area contributed by atoms with Crippen LogP contribution in [0.2, 0.25) is 0 Å². The van der Waals surface area contributed by atoms with Gasteiger partial charge in [0.1, 0.15) is 53.7 Å². The van der Waals surface area contributed by atoms with Crippen molar-refractivity contribution < 1.29 is 44.6 Å². The fourth-order valence-electron chi connectivity index (χ4n) is 8.59. The number of fused-ring (bicyclic) bond motifs is 4. The van der Waals surface area contributed by atoms with Crippen LogP contribution >= 0.6 is 0 Å². The Balaban J connectivity index is 0.000000193. The van der Waals surface area contributed by atoms with Crippen LogP contribution in [0.4, 0.5) is 36.6 Å². The van der Waals surface area contributed by atoms with E-state index in [1.54, 1.807) is 11.8 Å². The van der Waals surface area contributed by atoms with E-state index >= 15 is 0 Å². The van der Waals surface area contributed by atoms with Crippen molar-refractivity contribution in [3.05, 3.63) is 71.8 Å². The summed E-state index contributed by atoms with van der Waals surface area (Å²) < 4.78 is 93.5. The number of aromatic nitrogens is 4. The van der Waals surface area contributed by atoms with Crippen molar-refractivity contribution in [2.45, 2.75) is 87.9 Å². The number of sulfone groups is 2. The molecule has 4 aliphatic rings. The normalized spacial score (nSPS) is 23.0. The second-order valence-electron chi connectivity index (χ2n) is 17.8. The molecule has 2 saturated carbocycles. The molecule has 2 aliphatic carbocycles. The number of nitrogens with zero attached hydrogens (tertiary/aromatic N) is 5. The number of amides is 1. The van der Waals surface area contributed by atoms with Gasteiger partial charge in [0.2, 0.25) is 11.8 Å². The average molecular weight is 913 g/mol. The smallest absolute Gasteiger partial charge is 0.410 e. The fraction of sp³-hybridized carbons (Fsp3) is 0.512. The molecule has 1 amide bonds. The van der Waals surface area contributed by atoms with Crippen molar-refractivity contribution in [1.29, 1.82) is 0 Å². The van der Waals surface area contributed by atoms with Crippen molar-refractivity contribution in [3.63, 3.8) is 0 Å². The maximum Gasteiger partial charge on any atom is 0.410 e. The Morgan fingerprint density at radius 1 is 0.698 bits per heavy atom. The lowest BCUT2D eigenvalue weighted by Crippen LogP contribution is -2.50. The van der Waals surface area contributed by atoms with Gasteiger partial charge in [-0.1, -0.05) is 0 Å². The highest BCUT2D eigenvalue weighted by atomic mass is 32.2. The molecule has 16 nitrogen and oxygen atoms in total. The standard InChI is InChI=1S/C24H31FN4O5S.C19H23FN4O3S/c1-14-21(28-19-9-8-17(10-18(19)25)35(5,31)32)26-13-27-22(14)33-20-15-6-7-16(20)12-29(11-15)23(30)34-24(2,3)4;1-11-18(24-16-6-5-14(7-15(16)20)28(2,25)26)22-10-23-19(11)27-17-12-3-4-13(17)9-21-8-12/h8-10,13,15-16,20H,6-7,11-12H2,1-5H3,(H,26,27,28);5-7,10,12-13,17,21H,3-4,8-9H2,1-2H3,(H,22,23,24). The number of carbonyl (C=O) groups excluding carboxylic acids is 1. The maximum absolute atomic E-state index is 14.5.